The molecule has 82 valence electrons. The van der Waals surface area contributed by atoms with E-state index >= 15 is 0 Å². The van der Waals surface area contributed by atoms with Gasteiger partial charge in [0, 0.05) is 5.69 Å². The lowest BCUT2D eigenvalue weighted by Crippen LogP contribution is -2.15. The second-order valence-electron chi connectivity index (χ2n) is 3.53. The fourth-order valence-electron chi connectivity index (χ4n) is 1.57. The maximum atomic E-state index is 5.99. The van der Waals surface area contributed by atoms with Crippen LogP contribution in [0.25, 0.3) is 5.69 Å². The molecule has 1 unspecified atom stereocenters. The zero-order chi connectivity index (χ0) is 11.4. The van der Waals surface area contributed by atoms with Gasteiger partial charge >= 0.3 is 0 Å². The Bertz CT molecular complexity index is 461. The summed E-state index contributed by atoms with van der Waals surface area (Å²) in [6.07, 6.45) is 4.15. The summed E-state index contributed by atoms with van der Waals surface area (Å²) < 4.78 is 1.90. The zero-order valence-electron chi connectivity index (χ0n) is 8.95. The van der Waals surface area contributed by atoms with E-state index in [1.165, 1.54) is 0 Å². The van der Waals surface area contributed by atoms with Crippen molar-refractivity contribution in [1.29, 1.82) is 0 Å². The van der Waals surface area contributed by atoms with E-state index in [4.69, 9.17) is 5.73 Å². The van der Waals surface area contributed by atoms with Crippen LogP contribution in [0, 0.1) is 0 Å². The highest BCUT2D eigenvalue weighted by Crippen LogP contribution is 2.16. The number of nitrogens with zero attached hydrogens (tertiary/aromatic N) is 3. The molecular formula is C12H14N4. The van der Waals surface area contributed by atoms with Crippen molar-refractivity contribution in [3.8, 4) is 5.69 Å². The molecule has 2 aromatic rings. The lowest BCUT2D eigenvalue weighted by Gasteiger charge is -2.10. The second-order valence-corrected chi connectivity index (χ2v) is 3.53. The molecule has 0 aliphatic rings. The Morgan fingerprint density at radius 2 is 2.12 bits per heavy atom. The highest BCUT2D eigenvalue weighted by Gasteiger charge is 2.12. The first kappa shape index (κ1) is 10.6. The molecule has 0 saturated carbocycles. The summed E-state index contributed by atoms with van der Waals surface area (Å²) in [5, 5.41) is 7.95. The third-order valence-corrected chi connectivity index (χ3v) is 2.36. The maximum Gasteiger partial charge on any atom is 0.154 e. The van der Waals surface area contributed by atoms with Crippen LogP contribution in [0.4, 0.5) is 0 Å². The van der Waals surface area contributed by atoms with E-state index in [2.05, 4.69) is 16.8 Å². The van der Waals surface area contributed by atoms with E-state index in [0.717, 1.165) is 11.5 Å². The first-order chi connectivity index (χ1) is 7.83. The van der Waals surface area contributed by atoms with Crippen LogP contribution in [-0.2, 0) is 0 Å². The Balaban J connectivity index is 2.36. The summed E-state index contributed by atoms with van der Waals surface area (Å²) in [7, 11) is 0. The normalized spacial score (nSPS) is 12.3. The van der Waals surface area contributed by atoms with Gasteiger partial charge in [-0.25, -0.2) is 0 Å². The van der Waals surface area contributed by atoms with E-state index in [-0.39, 0.29) is 6.04 Å². The molecule has 0 aliphatic carbocycles. The Kier molecular flexibility index (Phi) is 3.12. The monoisotopic (exact) mass is 214 g/mol. The van der Waals surface area contributed by atoms with Crippen LogP contribution in [0.1, 0.15) is 18.3 Å². The van der Waals surface area contributed by atoms with Crippen molar-refractivity contribution in [1.82, 2.24) is 14.8 Å². The van der Waals surface area contributed by atoms with E-state index in [9.17, 15) is 0 Å². The van der Waals surface area contributed by atoms with Crippen LogP contribution in [-0.4, -0.2) is 14.8 Å². The Hall–Kier alpha value is -1.94. The topological polar surface area (TPSA) is 56.7 Å². The number of hydrogen-bond donors (Lipinski definition) is 1. The van der Waals surface area contributed by atoms with Gasteiger partial charge in [-0.3, -0.25) is 4.57 Å². The maximum absolute atomic E-state index is 5.99. The molecule has 2 N–H and O–H groups in total. The second kappa shape index (κ2) is 4.72. The molecule has 1 aromatic heterocycles. The largest absolute Gasteiger partial charge is 0.321 e. The van der Waals surface area contributed by atoms with Gasteiger partial charge in [0.1, 0.15) is 6.33 Å². The van der Waals surface area contributed by atoms with Crippen molar-refractivity contribution in [2.45, 2.75) is 12.5 Å². The van der Waals surface area contributed by atoms with E-state index in [1.54, 1.807) is 12.4 Å². The minimum absolute atomic E-state index is 0.166. The highest BCUT2D eigenvalue weighted by atomic mass is 15.3. The third kappa shape index (κ3) is 2.01. The van der Waals surface area contributed by atoms with Gasteiger partial charge in [-0.1, -0.05) is 24.3 Å². The molecule has 4 nitrogen and oxygen atoms in total. The number of para-hydroxylation sites is 1. The number of aromatic nitrogens is 3. The highest BCUT2D eigenvalue weighted by molar-refractivity contribution is 5.32. The average Bonchev–Trinajstić information content (AvgIpc) is 2.79. The van der Waals surface area contributed by atoms with Crippen LogP contribution < -0.4 is 5.73 Å². The van der Waals surface area contributed by atoms with Gasteiger partial charge in [-0.05, 0) is 18.6 Å². The summed E-state index contributed by atoms with van der Waals surface area (Å²) in [6, 6.07) is 9.73. The standard InChI is InChI=1S/C12H14N4/c1-2-6-11(13)12-15-14-9-16(12)10-7-4-3-5-8-10/h2-5,7-9,11H,1,6,13H2. The molecule has 2 rings (SSSR count). The Labute approximate surface area is 94.4 Å². The predicted molar refractivity (Wildman–Crippen MR) is 63.1 cm³/mol. The van der Waals surface area contributed by atoms with E-state index in [1.807, 2.05) is 34.9 Å². The quantitative estimate of drug-likeness (QED) is 0.790. The molecule has 0 amide bonds. The van der Waals surface area contributed by atoms with Crippen LogP contribution in [0.2, 0.25) is 0 Å². The van der Waals surface area contributed by atoms with Gasteiger partial charge in [-0.15, -0.1) is 16.8 Å². The summed E-state index contributed by atoms with van der Waals surface area (Å²) in [4.78, 5) is 0. The minimum Gasteiger partial charge on any atom is -0.321 e. The molecule has 0 radical (unpaired) electrons. The van der Waals surface area contributed by atoms with Crippen molar-refractivity contribution in [2.75, 3.05) is 0 Å². The van der Waals surface area contributed by atoms with Crippen molar-refractivity contribution >= 4 is 0 Å². The number of rotatable bonds is 4. The van der Waals surface area contributed by atoms with Crippen LogP contribution >= 0.6 is 0 Å². The number of nitrogens with two attached hydrogens (primary N) is 1. The third-order valence-electron chi connectivity index (χ3n) is 2.36. The molecule has 0 fully saturated rings. The lowest BCUT2D eigenvalue weighted by molar-refractivity contribution is 0.663. The summed E-state index contributed by atoms with van der Waals surface area (Å²) in [6.45, 7) is 3.68. The smallest absolute Gasteiger partial charge is 0.154 e. The van der Waals surface area contributed by atoms with Gasteiger partial charge in [0.25, 0.3) is 0 Å². The molecule has 1 aromatic carbocycles. The van der Waals surface area contributed by atoms with E-state index < -0.39 is 0 Å². The van der Waals surface area contributed by atoms with Crippen LogP contribution in [0.3, 0.4) is 0 Å². The van der Waals surface area contributed by atoms with E-state index in [0.29, 0.717) is 6.42 Å². The van der Waals surface area contributed by atoms with Gasteiger partial charge in [0.2, 0.25) is 0 Å². The Morgan fingerprint density at radius 1 is 1.38 bits per heavy atom. The number of benzene rings is 1. The molecule has 0 saturated heterocycles. The summed E-state index contributed by atoms with van der Waals surface area (Å²) in [5.41, 5.74) is 7.01. The fraction of sp³-hybridized carbons (Fsp3) is 0.167. The van der Waals surface area contributed by atoms with Gasteiger partial charge in [0.05, 0.1) is 6.04 Å². The number of hydrogen-bond acceptors (Lipinski definition) is 3. The van der Waals surface area contributed by atoms with Gasteiger partial charge in [0.15, 0.2) is 5.82 Å². The van der Waals surface area contributed by atoms with Crippen LogP contribution in [0.15, 0.2) is 49.3 Å². The van der Waals surface area contributed by atoms with Gasteiger partial charge < -0.3 is 5.73 Å². The molecule has 0 aliphatic heterocycles. The summed E-state index contributed by atoms with van der Waals surface area (Å²) >= 11 is 0. The molecular weight excluding hydrogens is 200 g/mol. The molecule has 16 heavy (non-hydrogen) atoms. The zero-order valence-corrected chi connectivity index (χ0v) is 8.95. The van der Waals surface area contributed by atoms with Crippen molar-refractivity contribution in [3.05, 3.63) is 55.1 Å². The van der Waals surface area contributed by atoms with Crippen LogP contribution in [0.5, 0.6) is 0 Å². The van der Waals surface area contributed by atoms with Crippen molar-refractivity contribution in [3.63, 3.8) is 0 Å². The summed E-state index contributed by atoms with van der Waals surface area (Å²) in [5.74, 6) is 0.756. The molecule has 1 heterocycles. The molecule has 0 bridgehead atoms. The fourth-order valence-corrected chi connectivity index (χ4v) is 1.57. The first-order valence-electron chi connectivity index (χ1n) is 5.14. The van der Waals surface area contributed by atoms with Gasteiger partial charge in [-0.2, -0.15) is 0 Å². The Morgan fingerprint density at radius 3 is 2.81 bits per heavy atom. The van der Waals surface area contributed by atoms with Crippen molar-refractivity contribution < 1.29 is 0 Å². The minimum atomic E-state index is -0.166. The average molecular weight is 214 g/mol. The predicted octanol–water partition coefficient (Wildman–Crippen LogP) is 1.84. The molecule has 0 spiro atoms. The molecule has 1 atom stereocenters. The SMILES string of the molecule is C=CCC(N)c1nncn1-c1ccccc1. The lowest BCUT2D eigenvalue weighted by atomic mass is 10.2. The first-order valence-corrected chi connectivity index (χ1v) is 5.14. The van der Waals surface area contributed by atoms with Crippen molar-refractivity contribution in [2.24, 2.45) is 5.73 Å². The molecule has 4 heteroatoms.